The number of nitrogens with one attached hydrogen (secondary N) is 3. The predicted octanol–water partition coefficient (Wildman–Crippen LogP) is 3.45. The Morgan fingerprint density at radius 3 is 2.47 bits per heavy atom. The van der Waals surface area contributed by atoms with Crippen LogP contribution < -0.4 is 26.8 Å². The van der Waals surface area contributed by atoms with Gasteiger partial charge in [-0.25, -0.2) is 9.50 Å². The number of fused-ring (bicyclic) bond motifs is 1. The number of rotatable bonds is 11. The van der Waals surface area contributed by atoms with Crippen LogP contribution >= 0.6 is 0 Å². The molecule has 11 heteroatoms. The molecule has 3 heterocycles. The fourth-order valence-corrected chi connectivity index (χ4v) is 6.43. The Morgan fingerprint density at radius 2 is 1.77 bits per heavy atom. The monoisotopic (exact) mass is 587 g/mol. The van der Waals surface area contributed by atoms with Crippen LogP contribution in [0.3, 0.4) is 0 Å². The van der Waals surface area contributed by atoms with Crippen molar-refractivity contribution >= 4 is 22.8 Å². The first-order valence-corrected chi connectivity index (χ1v) is 15.3. The molecule has 4 aromatic rings. The highest BCUT2D eigenvalue weighted by atomic mass is 16.5. The fraction of sp³-hybridized carbons (Fsp3) is 0.500. The molecule has 2 aromatic carbocycles. The van der Waals surface area contributed by atoms with E-state index in [1.807, 2.05) is 13.1 Å². The second-order valence-corrected chi connectivity index (χ2v) is 11.8. The van der Waals surface area contributed by atoms with Gasteiger partial charge >= 0.3 is 0 Å². The molecule has 43 heavy (non-hydrogen) atoms. The van der Waals surface area contributed by atoms with E-state index in [1.54, 1.807) is 14.2 Å². The van der Waals surface area contributed by atoms with Gasteiger partial charge in [0.2, 0.25) is 5.95 Å². The van der Waals surface area contributed by atoms with E-state index in [0.29, 0.717) is 29.8 Å². The fourth-order valence-electron chi connectivity index (χ4n) is 6.43. The smallest absolute Gasteiger partial charge is 0.253 e. The van der Waals surface area contributed by atoms with Crippen molar-refractivity contribution < 1.29 is 9.47 Å². The van der Waals surface area contributed by atoms with Crippen LogP contribution in [0.5, 0.6) is 0 Å². The second kappa shape index (κ2) is 12.8. The first-order chi connectivity index (χ1) is 20.9. The van der Waals surface area contributed by atoms with Gasteiger partial charge in [0, 0.05) is 63.1 Å². The highest BCUT2D eigenvalue weighted by Crippen LogP contribution is 2.38. The van der Waals surface area contributed by atoms with Gasteiger partial charge in [0.1, 0.15) is 11.4 Å². The number of morpholine rings is 1. The van der Waals surface area contributed by atoms with Gasteiger partial charge in [0.05, 0.1) is 31.5 Å². The molecule has 1 unspecified atom stereocenters. The van der Waals surface area contributed by atoms with E-state index in [-0.39, 0.29) is 12.1 Å². The molecule has 2 aromatic heterocycles. The number of aromatic nitrogens is 3. The van der Waals surface area contributed by atoms with Crippen molar-refractivity contribution in [1.82, 2.24) is 19.5 Å². The van der Waals surface area contributed by atoms with E-state index in [9.17, 15) is 9.59 Å². The molecule has 228 valence electrons. The zero-order valence-corrected chi connectivity index (χ0v) is 25.2. The van der Waals surface area contributed by atoms with Crippen LogP contribution in [0.4, 0.5) is 17.3 Å². The van der Waals surface area contributed by atoms with Crippen LogP contribution in [0.25, 0.3) is 16.6 Å². The average molecular weight is 588 g/mol. The quantitative estimate of drug-likeness (QED) is 0.225. The largest absolute Gasteiger partial charge is 0.383 e. The molecule has 0 amide bonds. The lowest BCUT2D eigenvalue weighted by molar-refractivity contribution is 0.0342. The van der Waals surface area contributed by atoms with Crippen molar-refractivity contribution in [1.29, 1.82) is 0 Å². The number of ether oxygens (including phenoxy) is 2. The topological polar surface area (TPSA) is 122 Å². The van der Waals surface area contributed by atoms with Gasteiger partial charge < -0.3 is 25.4 Å². The molecule has 0 bridgehead atoms. The van der Waals surface area contributed by atoms with Gasteiger partial charge in [-0.05, 0) is 49.8 Å². The standard InChI is InChI=1S/C32H41N7O4/c1-20(19-42-3)35-32-34-17-27-25(22-6-4-21(5-7-22)18-38-12-14-43-15-13-38)16-26(39(27)37-32)23-8-10-24(11-9-23)36-29-28(33-2)30(40)31(29)41/h4-7,16-17,20,23-24,33,36H,8-15,18-19H2,1-3H3,(H,35,37)/t20?,23-,24-. The molecule has 1 saturated heterocycles. The second-order valence-electron chi connectivity index (χ2n) is 11.8. The van der Waals surface area contributed by atoms with Crippen molar-refractivity contribution in [3.63, 3.8) is 0 Å². The minimum atomic E-state index is -0.441. The summed E-state index contributed by atoms with van der Waals surface area (Å²) >= 11 is 0. The maximum absolute atomic E-state index is 12.1. The van der Waals surface area contributed by atoms with Gasteiger partial charge in [-0.1, -0.05) is 24.3 Å². The lowest BCUT2D eigenvalue weighted by Crippen LogP contribution is -2.39. The summed E-state index contributed by atoms with van der Waals surface area (Å²) in [7, 11) is 3.36. The summed E-state index contributed by atoms with van der Waals surface area (Å²) in [5, 5.41) is 14.5. The molecule has 0 radical (unpaired) electrons. The minimum absolute atomic E-state index is 0.0689. The summed E-state index contributed by atoms with van der Waals surface area (Å²) in [4.78, 5) is 31.0. The van der Waals surface area contributed by atoms with Gasteiger partial charge in [-0.15, -0.1) is 5.10 Å². The third kappa shape index (κ3) is 6.15. The Bertz CT molecular complexity index is 1610. The first kappa shape index (κ1) is 29.3. The van der Waals surface area contributed by atoms with Crippen molar-refractivity contribution in [2.24, 2.45) is 0 Å². The molecule has 1 saturated carbocycles. The van der Waals surface area contributed by atoms with Crippen LogP contribution in [0.1, 0.15) is 49.8 Å². The molecule has 2 fully saturated rings. The van der Waals surface area contributed by atoms with Crippen LogP contribution in [0.2, 0.25) is 0 Å². The number of benzene rings is 1. The van der Waals surface area contributed by atoms with Crippen LogP contribution in [0.15, 0.2) is 46.1 Å². The summed E-state index contributed by atoms with van der Waals surface area (Å²) in [6.45, 7) is 7.04. The SMILES string of the molecule is CNc1c(N[C@H]2CC[C@H](c3cc(-c4ccc(CN5CCOCC5)cc4)c4cnc(NC(C)COC)nn43)CC2)c(=O)c1=O. The Labute approximate surface area is 251 Å². The molecular weight excluding hydrogens is 546 g/mol. The Balaban J connectivity index is 1.24. The summed E-state index contributed by atoms with van der Waals surface area (Å²) in [6, 6.07) is 11.3. The molecule has 2 aliphatic rings. The third-order valence-corrected chi connectivity index (χ3v) is 8.77. The molecule has 1 aliphatic heterocycles. The predicted molar refractivity (Wildman–Crippen MR) is 169 cm³/mol. The highest BCUT2D eigenvalue weighted by Gasteiger charge is 2.29. The van der Waals surface area contributed by atoms with E-state index in [0.717, 1.165) is 80.9 Å². The molecule has 6 rings (SSSR count). The van der Waals surface area contributed by atoms with Crippen molar-refractivity contribution in [2.75, 3.05) is 63.0 Å². The van der Waals surface area contributed by atoms with E-state index in [1.165, 1.54) is 5.56 Å². The molecule has 3 N–H and O–H groups in total. The van der Waals surface area contributed by atoms with E-state index in [2.05, 4.69) is 60.7 Å². The number of hydrogen-bond donors (Lipinski definition) is 3. The van der Waals surface area contributed by atoms with Crippen molar-refractivity contribution in [3.8, 4) is 11.1 Å². The summed E-state index contributed by atoms with van der Waals surface area (Å²) < 4.78 is 12.8. The van der Waals surface area contributed by atoms with Gasteiger partial charge in [0.25, 0.3) is 10.9 Å². The lowest BCUT2D eigenvalue weighted by atomic mass is 9.83. The van der Waals surface area contributed by atoms with Crippen molar-refractivity contribution in [3.05, 3.63) is 68.2 Å². The maximum Gasteiger partial charge on any atom is 0.253 e. The van der Waals surface area contributed by atoms with E-state index in [4.69, 9.17) is 14.6 Å². The highest BCUT2D eigenvalue weighted by molar-refractivity contribution is 5.81. The third-order valence-electron chi connectivity index (χ3n) is 8.77. The Hall–Kier alpha value is -3.80. The van der Waals surface area contributed by atoms with Crippen LogP contribution in [-0.2, 0) is 16.0 Å². The average Bonchev–Trinajstić information content (AvgIpc) is 3.41. The van der Waals surface area contributed by atoms with Gasteiger partial charge in [-0.2, -0.15) is 0 Å². The van der Waals surface area contributed by atoms with Gasteiger partial charge in [-0.3, -0.25) is 14.5 Å². The maximum atomic E-state index is 12.1. The summed E-state index contributed by atoms with van der Waals surface area (Å²) in [5.74, 6) is 0.867. The lowest BCUT2D eigenvalue weighted by Gasteiger charge is -2.30. The number of hydrogen-bond acceptors (Lipinski definition) is 10. The molecule has 1 atom stereocenters. The Morgan fingerprint density at radius 1 is 1.05 bits per heavy atom. The summed E-state index contributed by atoms with van der Waals surface area (Å²) in [5.41, 5.74) is 5.64. The van der Waals surface area contributed by atoms with E-state index < -0.39 is 10.9 Å². The molecular formula is C32H41N7O4. The van der Waals surface area contributed by atoms with E-state index >= 15 is 0 Å². The molecule has 11 nitrogen and oxygen atoms in total. The summed E-state index contributed by atoms with van der Waals surface area (Å²) in [6.07, 6.45) is 5.59. The Kier molecular flexibility index (Phi) is 8.73. The normalized spacial score (nSPS) is 20.3. The molecule has 0 spiro atoms. The number of nitrogens with zero attached hydrogens (tertiary/aromatic N) is 4. The van der Waals surface area contributed by atoms with Crippen molar-refractivity contribution in [2.45, 2.75) is 57.2 Å². The number of methoxy groups -OCH3 is 1. The zero-order valence-electron chi connectivity index (χ0n) is 25.2. The first-order valence-electron chi connectivity index (χ1n) is 15.3. The van der Waals surface area contributed by atoms with Crippen LogP contribution in [0, 0.1) is 0 Å². The number of anilines is 3. The van der Waals surface area contributed by atoms with Crippen LogP contribution in [-0.4, -0.2) is 78.6 Å². The zero-order chi connectivity index (χ0) is 29.9. The van der Waals surface area contributed by atoms with Gasteiger partial charge in [0.15, 0.2) is 0 Å². The molecule has 1 aliphatic carbocycles. The minimum Gasteiger partial charge on any atom is -0.383 e.